The van der Waals surface area contributed by atoms with Gasteiger partial charge in [0.05, 0.1) is 17.9 Å². The van der Waals surface area contributed by atoms with E-state index in [9.17, 15) is 17.6 Å². The van der Waals surface area contributed by atoms with Crippen LogP contribution in [-0.4, -0.2) is 38.9 Å². The Morgan fingerprint density at radius 3 is 2.76 bits per heavy atom. The van der Waals surface area contributed by atoms with Gasteiger partial charge >= 0.3 is 5.97 Å². The quantitative estimate of drug-likeness (QED) is 0.797. The highest BCUT2D eigenvalue weighted by atomic mass is 32.2. The van der Waals surface area contributed by atoms with Crippen LogP contribution in [0, 0.1) is 18.7 Å². The molecule has 0 saturated carbocycles. The van der Waals surface area contributed by atoms with Crippen LogP contribution in [0.1, 0.15) is 18.4 Å². The fourth-order valence-corrected chi connectivity index (χ4v) is 4.29. The van der Waals surface area contributed by atoms with Crippen LogP contribution in [0.25, 0.3) is 0 Å². The Morgan fingerprint density at radius 1 is 1.43 bits per heavy atom. The zero-order chi connectivity index (χ0) is 15.6. The number of hydrogen-bond donors (Lipinski definition) is 0. The van der Waals surface area contributed by atoms with Crippen LogP contribution >= 0.6 is 0 Å². The van der Waals surface area contributed by atoms with Crippen molar-refractivity contribution in [1.29, 1.82) is 0 Å². The zero-order valence-electron chi connectivity index (χ0n) is 12.0. The van der Waals surface area contributed by atoms with Gasteiger partial charge in [-0.2, -0.15) is 4.31 Å². The van der Waals surface area contributed by atoms with Gasteiger partial charge in [0.15, 0.2) is 0 Å². The molecular weight excluding hydrogens is 297 g/mol. The molecule has 0 amide bonds. The lowest BCUT2D eigenvalue weighted by atomic mass is 10.0. The number of aryl methyl sites for hydroxylation is 1. The molecule has 0 aromatic heterocycles. The fraction of sp³-hybridized carbons (Fsp3) is 0.500. The molecule has 0 N–H and O–H groups in total. The van der Waals surface area contributed by atoms with Gasteiger partial charge in [-0.3, -0.25) is 4.79 Å². The largest absolute Gasteiger partial charge is 0.469 e. The Bertz CT molecular complexity index is 644. The van der Waals surface area contributed by atoms with E-state index in [2.05, 4.69) is 4.74 Å². The normalized spacial score (nSPS) is 20.2. The lowest BCUT2D eigenvalue weighted by Crippen LogP contribution is -2.42. The maximum absolute atomic E-state index is 13.1. The van der Waals surface area contributed by atoms with Crippen molar-refractivity contribution < 1.29 is 22.3 Å². The molecule has 1 aromatic rings. The molecule has 0 spiro atoms. The molecule has 0 radical (unpaired) electrons. The van der Waals surface area contributed by atoms with Gasteiger partial charge in [-0.25, -0.2) is 12.8 Å². The summed E-state index contributed by atoms with van der Waals surface area (Å²) in [7, 11) is -2.43. The Labute approximate surface area is 123 Å². The monoisotopic (exact) mass is 315 g/mol. The molecule has 1 saturated heterocycles. The average Bonchev–Trinajstić information content (AvgIpc) is 2.46. The van der Waals surface area contributed by atoms with Crippen molar-refractivity contribution in [3.05, 3.63) is 29.6 Å². The van der Waals surface area contributed by atoms with E-state index < -0.39 is 27.7 Å². The first-order valence-electron chi connectivity index (χ1n) is 6.70. The summed E-state index contributed by atoms with van der Waals surface area (Å²) in [6, 6.07) is 3.58. The summed E-state index contributed by atoms with van der Waals surface area (Å²) in [5.41, 5.74) is 0.357. The molecule has 1 fully saturated rings. The first-order chi connectivity index (χ1) is 9.86. The third-order valence-electron chi connectivity index (χ3n) is 3.67. The summed E-state index contributed by atoms with van der Waals surface area (Å²) in [6.45, 7) is 2.01. The van der Waals surface area contributed by atoms with Crippen LogP contribution in [0.2, 0.25) is 0 Å². The third kappa shape index (κ3) is 3.24. The van der Waals surface area contributed by atoms with Gasteiger partial charge in [0.25, 0.3) is 0 Å². The minimum atomic E-state index is -3.73. The summed E-state index contributed by atoms with van der Waals surface area (Å²) < 4.78 is 44.3. The highest BCUT2D eigenvalue weighted by Crippen LogP contribution is 2.26. The molecule has 1 atom stereocenters. The van der Waals surface area contributed by atoms with Gasteiger partial charge in [-0.15, -0.1) is 0 Å². The lowest BCUT2D eigenvalue weighted by Gasteiger charge is -2.30. The first-order valence-corrected chi connectivity index (χ1v) is 8.14. The second-order valence-electron chi connectivity index (χ2n) is 5.14. The Hall–Kier alpha value is -1.47. The predicted molar refractivity (Wildman–Crippen MR) is 74.6 cm³/mol. The average molecular weight is 315 g/mol. The smallest absolute Gasteiger partial charge is 0.309 e. The summed E-state index contributed by atoms with van der Waals surface area (Å²) in [4.78, 5) is 11.7. The zero-order valence-corrected chi connectivity index (χ0v) is 12.8. The third-order valence-corrected chi connectivity index (χ3v) is 5.70. The Kier molecular flexibility index (Phi) is 4.63. The minimum Gasteiger partial charge on any atom is -0.469 e. The van der Waals surface area contributed by atoms with Crippen molar-refractivity contribution in [1.82, 2.24) is 4.31 Å². The molecule has 1 aliphatic heterocycles. The van der Waals surface area contributed by atoms with Crippen LogP contribution in [-0.2, 0) is 19.6 Å². The number of hydrogen-bond acceptors (Lipinski definition) is 4. The van der Waals surface area contributed by atoms with Crippen LogP contribution in [0.5, 0.6) is 0 Å². The van der Waals surface area contributed by atoms with Crippen LogP contribution in [0.15, 0.2) is 23.1 Å². The van der Waals surface area contributed by atoms with E-state index in [1.54, 1.807) is 6.92 Å². The van der Waals surface area contributed by atoms with Gasteiger partial charge in [0.1, 0.15) is 5.82 Å². The second kappa shape index (κ2) is 6.11. The molecule has 0 aliphatic carbocycles. The van der Waals surface area contributed by atoms with Gasteiger partial charge in [-0.05, 0) is 43.5 Å². The number of piperidine rings is 1. The molecule has 116 valence electrons. The summed E-state index contributed by atoms with van der Waals surface area (Å²) >= 11 is 0. The minimum absolute atomic E-state index is 0.0782. The van der Waals surface area contributed by atoms with Gasteiger partial charge < -0.3 is 4.74 Å². The number of esters is 1. The van der Waals surface area contributed by atoms with Crippen molar-refractivity contribution in [3.8, 4) is 0 Å². The molecule has 1 unspecified atom stereocenters. The summed E-state index contributed by atoms with van der Waals surface area (Å²) in [6.07, 6.45) is 1.21. The molecule has 7 heteroatoms. The number of carbonyl (C=O) groups is 1. The Morgan fingerprint density at radius 2 is 2.14 bits per heavy atom. The standard InChI is InChI=1S/C14H18FNO4S/c1-10-8-12(15)5-6-13(10)21(18,19)16-7-3-4-11(9-16)14(17)20-2/h5-6,8,11H,3-4,7,9H2,1-2H3. The molecule has 1 aliphatic rings. The molecule has 2 rings (SSSR count). The van der Waals surface area contributed by atoms with Crippen molar-refractivity contribution in [2.45, 2.75) is 24.7 Å². The van der Waals surface area contributed by atoms with Crippen molar-refractivity contribution in [2.24, 2.45) is 5.92 Å². The van der Waals surface area contributed by atoms with Gasteiger partial charge in [0, 0.05) is 13.1 Å². The van der Waals surface area contributed by atoms with Crippen LogP contribution in [0.3, 0.4) is 0 Å². The van der Waals surface area contributed by atoms with E-state index >= 15 is 0 Å². The molecule has 21 heavy (non-hydrogen) atoms. The van der Waals surface area contributed by atoms with Gasteiger partial charge in [-0.1, -0.05) is 0 Å². The second-order valence-corrected chi connectivity index (χ2v) is 7.04. The summed E-state index contributed by atoms with van der Waals surface area (Å²) in [5.74, 6) is -1.32. The summed E-state index contributed by atoms with van der Waals surface area (Å²) in [5, 5.41) is 0. The molecule has 1 aromatic carbocycles. The van der Waals surface area contributed by atoms with E-state index in [-0.39, 0.29) is 11.4 Å². The SMILES string of the molecule is COC(=O)C1CCCN(S(=O)(=O)c2ccc(F)cc2C)C1. The van der Waals surface area contributed by atoms with Crippen molar-refractivity contribution in [2.75, 3.05) is 20.2 Å². The number of ether oxygens (including phenoxy) is 1. The lowest BCUT2D eigenvalue weighted by molar-refractivity contribution is -0.146. The topological polar surface area (TPSA) is 63.7 Å². The number of halogens is 1. The van der Waals surface area contributed by atoms with E-state index in [4.69, 9.17) is 0 Å². The van der Waals surface area contributed by atoms with Gasteiger partial charge in [0.2, 0.25) is 10.0 Å². The van der Waals surface area contributed by atoms with Crippen molar-refractivity contribution in [3.63, 3.8) is 0 Å². The van der Waals surface area contributed by atoms with E-state index in [1.807, 2.05) is 0 Å². The van der Waals surface area contributed by atoms with E-state index in [0.717, 1.165) is 6.07 Å². The maximum atomic E-state index is 13.1. The van der Waals surface area contributed by atoms with Crippen LogP contribution < -0.4 is 0 Å². The predicted octanol–water partition coefficient (Wildman–Crippen LogP) is 1.71. The number of carbonyl (C=O) groups excluding carboxylic acids is 1. The Balaban J connectivity index is 2.28. The number of benzene rings is 1. The highest BCUT2D eigenvalue weighted by Gasteiger charge is 2.34. The number of nitrogens with zero attached hydrogens (tertiary/aromatic N) is 1. The van der Waals surface area contributed by atoms with Crippen molar-refractivity contribution >= 4 is 16.0 Å². The molecular formula is C14H18FNO4S. The van der Waals surface area contributed by atoms with Crippen LogP contribution in [0.4, 0.5) is 4.39 Å². The fourth-order valence-electron chi connectivity index (χ4n) is 2.56. The van der Waals surface area contributed by atoms with E-state index in [1.165, 1.54) is 23.5 Å². The molecule has 1 heterocycles. The number of methoxy groups -OCH3 is 1. The van der Waals surface area contributed by atoms with E-state index in [0.29, 0.717) is 24.9 Å². The first kappa shape index (κ1) is 15.9. The number of rotatable bonds is 3. The highest BCUT2D eigenvalue weighted by molar-refractivity contribution is 7.89. The maximum Gasteiger partial charge on any atom is 0.309 e. The molecule has 0 bridgehead atoms. The number of sulfonamides is 1. The molecule has 5 nitrogen and oxygen atoms in total.